The number of aliphatic hydroxyl groups is 1. The maximum absolute atomic E-state index is 14.6. The van der Waals surface area contributed by atoms with Gasteiger partial charge in [0.15, 0.2) is 11.4 Å². The quantitative estimate of drug-likeness (QED) is 0.308. The number of fused-ring (bicyclic) bond motifs is 2. The number of ketones is 1. The van der Waals surface area contributed by atoms with E-state index in [0.717, 1.165) is 17.9 Å². The third-order valence-electron chi connectivity index (χ3n) is 7.11. The van der Waals surface area contributed by atoms with Crippen molar-refractivity contribution in [2.45, 2.75) is 43.8 Å². The lowest BCUT2D eigenvalue weighted by atomic mass is 9.73. The molecule has 0 bridgehead atoms. The maximum atomic E-state index is 14.6. The highest BCUT2D eigenvalue weighted by molar-refractivity contribution is 7.92. The number of hydrogen-bond donors (Lipinski definition) is 3. The Bertz CT molecular complexity index is 1830. The van der Waals surface area contributed by atoms with E-state index in [1.165, 1.54) is 12.1 Å². The molecule has 0 fully saturated rings. The molecule has 3 N–H and O–H groups in total. The van der Waals surface area contributed by atoms with E-state index in [-0.39, 0.29) is 46.6 Å². The van der Waals surface area contributed by atoms with E-state index in [0.29, 0.717) is 17.5 Å². The van der Waals surface area contributed by atoms with Gasteiger partial charge >= 0.3 is 0 Å². The van der Waals surface area contributed by atoms with Crippen LogP contribution in [0.5, 0.6) is 0 Å². The molecular formula is C30H31N3O7S2. The molecule has 1 aliphatic heterocycles. The van der Waals surface area contributed by atoms with Crippen molar-refractivity contribution in [2.75, 3.05) is 16.3 Å². The Hall–Kier alpha value is -4.00. The topological polar surface area (TPSA) is 151 Å². The smallest absolute Gasteiger partial charge is 0.286 e. The van der Waals surface area contributed by atoms with Crippen LogP contribution < -0.4 is 10.0 Å². The summed E-state index contributed by atoms with van der Waals surface area (Å²) in [5.74, 6) is -1.16. The fourth-order valence-corrected chi connectivity index (χ4v) is 6.81. The summed E-state index contributed by atoms with van der Waals surface area (Å²) in [7, 11) is -8.07. The van der Waals surface area contributed by atoms with Gasteiger partial charge in [-0.2, -0.15) is 8.42 Å². The summed E-state index contributed by atoms with van der Waals surface area (Å²) < 4.78 is 62.7. The third-order valence-corrected chi connectivity index (χ3v) is 9.04. The predicted octanol–water partition coefficient (Wildman–Crippen LogP) is 4.97. The first-order valence-electron chi connectivity index (χ1n) is 13.3. The van der Waals surface area contributed by atoms with Crippen molar-refractivity contribution in [2.24, 2.45) is 10.3 Å². The molecule has 0 saturated heterocycles. The number of nitrogens with zero attached hydrogens (tertiary/aromatic N) is 1. The Morgan fingerprint density at radius 2 is 1.74 bits per heavy atom. The van der Waals surface area contributed by atoms with Crippen LogP contribution in [0.3, 0.4) is 0 Å². The number of hydrogen-bond acceptors (Lipinski definition) is 8. The normalized spacial score (nSPS) is 19.5. The first-order valence-corrected chi connectivity index (χ1v) is 16.6. The van der Waals surface area contributed by atoms with Gasteiger partial charge in [0, 0.05) is 16.8 Å². The Labute approximate surface area is 245 Å². The first kappa shape index (κ1) is 29.5. The van der Waals surface area contributed by atoms with Crippen molar-refractivity contribution in [1.82, 2.24) is 0 Å². The minimum atomic E-state index is -4.41. The summed E-state index contributed by atoms with van der Waals surface area (Å²) in [5, 5.41) is 14.3. The second kappa shape index (κ2) is 11.0. The SMILES string of the molecule is CC(C)CCC1(OCc2ccccc2)C(=O)C(C2=NS(=O)(=O)c3cc(NS(C)(=O)=O)ccc3N2)=C(O)c2ccccc21. The molecule has 10 nitrogen and oxygen atoms in total. The molecule has 0 spiro atoms. The summed E-state index contributed by atoms with van der Waals surface area (Å²) >= 11 is 0. The lowest BCUT2D eigenvalue weighted by molar-refractivity contribution is -0.146. The molecule has 12 heteroatoms. The zero-order valence-electron chi connectivity index (χ0n) is 23.3. The number of rotatable bonds is 9. The van der Waals surface area contributed by atoms with Gasteiger partial charge in [-0.05, 0) is 42.5 Å². The number of aliphatic hydroxyl groups excluding tert-OH is 1. The number of carbonyl (C=O) groups excluding carboxylic acids is 1. The van der Waals surface area contributed by atoms with Crippen LogP contribution >= 0.6 is 0 Å². The van der Waals surface area contributed by atoms with Gasteiger partial charge in [0.1, 0.15) is 16.2 Å². The molecule has 5 rings (SSSR count). The zero-order valence-corrected chi connectivity index (χ0v) is 24.9. The van der Waals surface area contributed by atoms with Gasteiger partial charge in [-0.3, -0.25) is 9.52 Å². The molecule has 0 saturated carbocycles. The van der Waals surface area contributed by atoms with Crippen LogP contribution in [0.15, 0.2) is 87.7 Å². The average Bonchev–Trinajstić information content (AvgIpc) is 2.93. The van der Waals surface area contributed by atoms with Crippen molar-refractivity contribution in [3.05, 3.63) is 95.1 Å². The number of anilines is 2. The van der Waals surface area contributed by atoms with Crippen LogP contribution in [0.1, 0.15) is 43.4 Å². The highest BCUT2D eigenvalue weighted by Crippen LogP contribution is 2.46. The first-order chi connectivity index (χ1) is 19.8. The fourth-order valence-electron chi connectivity index (χ4n) is 5.11. The summed E-state index contributed by atoms with van der Waals surface area (Å²) in [4.78, 5) is 14.3. The molecule has 1 atom stereocenters. The number of carbonyl (C=O) groups is 1. The van der Waals surface area contributed by atoms with Gasteiger partial charge in [-0.1, -0.05) is 68.4 Å². The summed E-state index contributed by atoms with van der Waals surface area (Å²) in [5.41, 5.74) is -0.0620. The van der Waals surface area contributed by atoms with E-state index in [2.05, 4.69) is 14.4 Å². The van der Waals surface area contributed by atoms with Crippen molar-refractivity contribution in [3.63, 3.8) is 0 Å². The van der Waals surface area contributed by atoms with E-state index in [4.69, 9.17) is 4.74 Å². The van der Waals surface area contributed by atoms with Gasteiger partial charge in [0.05, 0.1) is 18.6 Å². The van der Waals surface area contributed by atoms with Crippen LogP contribution in [-0.4, -0.2) is 39.8 Å². The molecule has 1 heterocycles. The van der Waals surface area contributed by atoms with E-state index >= 15 is 0 Å². The molecule has 0 amide bonds. The standard InChI is InChI=1S/C30H31N3O7S2/c1-19(2)15-16-30(40-18-20-9-5-4-6-10-20)23-12-8-7-11-22(23)27(34)26(28(30)35)29-31-24-14-13-21(32-41(3,36)37)17-25(24)42(38,39)33-29/h4-14,17,19,32,34H,15-16,18H2,1-3H3,(H,31,33). The van der Waals surface area contributed by atoms with Crippen molar-refractivity contribution in [1.29, 1.82) is 0 Å². The number of ether oxygens (including phenoxy) is 1. The molecule has 42 heavy (non-hydrogen) atoms. The monoisotopic (exact) mass is 609 g/mol. The Balaban J connectivity index is 1.63. The predicted molar refractivity (Wildman–Crippen MR) is 161 cm³/mol. The highest BCUT2D eigenvalue weighted by Gasteiger charge is 2.50. The van der Waals surface area contributed by atoms with Crippen LogP contribution in [-0.2, 0) is 41.8 Å². The second-order valence-corrected chi connectivity index (χ2v) is 14.1. The molecule has 1 unspecified atom stereocenters. The third kappa shape index (κ3) is 5.69. The molecule has 2 aliphatic rings. The molecule has 220 valence electrons. The summed E-state index contributed by atoms with van der Waals surface area (Å²) in [6, 6.07) is 20.1. The molecule has 3 aromatic carbocycles. The van der Waals surface area contributed by atoms with Crippen molar-refractivity contribution >= 4 is 48.8 Å². The highest BCUT2D eigenvalue weighted by atomic mass is 32.2. The minimum Gasteiger partial charge on any atom is -0.506 e. The Morgan fingerprint density at radius 1 is 1.05 bits per heavy atom. The average molecular weight is 610 g/mol. The second-order valence-electron chi connectivity index (χ2n) is 10.8. The van der Waals surface area contributed by atoms with Gasteiger partial charge in [0.2, 0.25) is 15.8 Å². The molecular weight excluding hydrogens is 578 g/mol. The Kier molecular flexibility index (Phi) is 7.73. The molecule has 1 aliphatic carbocycles. The van der Waals surface area contributed by atoms with Gasteiger partial charge in [0.25, 0.3) is 10.0 Å². The van der Waals surface area contributed by atoms with Crippen LogP contribution in [0.2, 0.25) is 0 Å². The molecule has 0 aromatic heterocycles. The lowest BCUT2D eigenvalue weighted by Crippen LogP contribution is -2.46. The maximum Gasteiger partial charge on any atom is 0.286 e. The zero-order chi connectivity index (χ0) is 30.3. The number of benzene rings is 3. The molecule has 3 aromatic rings. The van der Waals surface area contributed by atoms with E-state index in [1.807, 2.05) is 44.2 Å². The van der Waals surface area contributed by atoms with E-state index < -0.39 is 37.2 Å². The summed E-state index contributed by atoms with van der Waals surface area (Å²) in [6.07, 6.45) is 1.84. The Morgan fingerprint density at radius 3 is 2.43 bits per heavy atom. The van der Waals surface area contributed by atoms with Crippen molar-refractivity contribution in [3.8, 4) is 0 Å². The minimum absolute atomic E-state index is 0.0343. The van der Waals surface area contributed by atoms with Gasteiger partial charge in [-0.15, -0.1) is 4.40 Å². The summed E-state index contributed by atoms with van der Waals surface area (Å²) in [6.45, 7) is 4.16. The van der Waals surface area contributed by atoms with E-state index in [9.17, 15) is 26.7 Å². The fraction of sp³-hybridized carbons (Fsp3) is 0.267. The van der Waals surface area contributed by atoms with Gasteiger partial charge < -0.3 is 15.2 Å². The van der Waals surface area contributed by atoms with E-state index in [1.54, 1.807) is 24.3 Å². The van der Waals surface area contributed by atoms with Gasteiger partial charge in [-0.25, -0.2) is 8.42 Å². The lowest BCUT2D eigenvalue weighted by Gasteiger charge is -2.39. The van der Waals surface area contributed by atoms with Crippen LogP contribution in [0, 0.1) is 5.92 Å². The largest absolute Gasteiger partial charge is 0.506 e. The number of Topliss-reactive ketones (excluding diaryl/α,β-unsaturated/α-hetero) is 1. The van der Waals surface area contributed by atoms with Crippen molar-refractivity contribution < 1.29 is 31.5 Å². The van der Waals surface area contributed by atoms with Crippen LogP contribution in [0.25, 0.3) is 5.76 Å². The number of sulfonamides is 2. The molecule has 0 radical (unpaired) electrons. The van der Waals surface area contributed by atoms with Crippen LogP contribution in [0.4, 0.5) is 11.4 Å². The number of amidine groups is 1. The number of nitrogens with one attached hydrogen (secondary N) is 2.